The molecule has 1 unspecified atom stereocenters. The van der Waals surface area contributed by atoms with E-state index < -0.39 is 11.9 Å². The molecular weight excluding hydrogens is 352 g/mol. The first-order chi connectivity index (χ1) is 12.4. The molecule has 0 aliphatic carbocycles. The summed E-state index contributed by atoms with van der Waals surface area (Å²) in [6.07, 6.45) is -3.48. The maximum Gasteiger partial charge on any atom is 0.433 e. The van der Waals surface area contributed by atoms with Crippen molar-refractivity contribution in [2.24, 2.45) is 0 Å². The van der Waals surface area contributed by atoms with Gasteiger partial charge in [0.05, 0.1) is 19.3 Å². The van der Waals surface area contributed by atoms with Crippen molar-refractivity contribution in [2.45, 2.75) is 12.2 Å². The molecule has 3 rings (SSSR count). The number of hydrogen-bond acceptors (Lipinski definition) is 5. The molecule has 1 atom stereocenters. The zero-order valence-corrected chi connectivity index (χ0v) is 13.8. The minimum Gasteiger partial charge on any atom is -0.379 e. The molecule has 1 aromatic heterocycles. The number of rotatable bonds is 5. The highest BCUT2D eigenvalue weighted by Crippen LogP contribution is 2.28. The van der Waals surface area contributed by atoms with Crippen molar-refractivity contribution in [3.05, 3.63) is 53.6 Å². The van der Waals surface area contributed by atoms with Crippen LogP contribution in [0.4, 0.5) is 23.5 Å². The van der Waals surface area contributed by atoms with Crippen molar-refractivity contribution in [1.29, 1.82) is 0 Å². The SMILES string of the molecule is Fc1cccc(C(CNc2nccc(C(F)(F)F)n2)N2CCOCC2)c1. The molecule has 1 fully saturated rings. The van der Waals surface area contributed by atoms with E-state index in [1.165, 1.54) is 12.1 Å². The molecule has 1 aliphatic heterocycles. The van der Waals surface area contributed by atoms with Gasteiger partial charge >= 0.3 is 6.18 Å². The molecular formula is C17H18F4N4O. The lowest BCUT2D eigenvalue weighted by Crippen LogP contribution is -2.41. The molecule has 0 saturated carbocycles. The number of alkyl halides is 3. The summed E-state index contributed by atoms with van der Waals surface area (Å²) in [5.41, 5.74) is -0.282. The van der Waals surface area contributed by atoms with Crippen molar-refractivity contribution in [2.75, 3.05) is 38.2 Å². The van der Waals surface area contributed by atoms with Crippen LogP contribution in [-0.2, 0) is 10.9 Å². The third kappa shape index (κ3) is 4.67. The highest BCUT2D eigenvalue weighted by atomic mass is 19.4. The second kappa shape index (κ2) is 7.96. The summed E-state index contributed by atoms with van der Waals surface area (Å²) in [7, 11) is 0. The van der Waals surface area contributed by atoms with Crippen molar-refractivity contribution < 1.29 is 22.3 Å². The topological polar surface area (TPSA) is 50.3 Å². The van der Waals surface area contributed by atoms with Gasteiger partial charge in [-0.1, -0.05) is 12.1 Å². The van der Waals surface area contributed by atoms with Gasteiger partial charge in [0.2, 0.25) is 5.95 Å². The first kappa shape index (κ1) is 18.5. The molecule has 2 heterocycles. The fourth-order valence-electron chi connectivity index (χ4n) is 2.85. The molecule has 2 aromatic rings. The molecule has 0 amide bonds. The van der Waals surface area contributed by atoms with Crippen LogP contribution in [-0.4, -0.2) is 47.7 Å². The lowest BCUT2D eigenvalue weighted by molar-refractivity contribution is -0.141. The van der Waals surface area contributed by atoms with Gasteiger partial charge in [-0.05, 0) is 23.8 Å². The van der Waals surface area contributed by atoms with E-state index in [2.05, 4.69) is 20.2 Å². The number of benzene rings is 1. The van der Waals surface area contributed by atoms with Crippen LogP contribution in [0.3, 0.4) is 0 Å². The number of morpholine rings is 1. The van der Waals surface area contributed by atoms with Crippen LogP contribution >= 0.6 is 0 Å². The highest BCUT2D eigenvalue weighted by molar-refractivity contribution is 5.29. The van der Waals surface area contributed by atoms with Gasteiger partial charge in [0.15, 0.2) is 0 Å². The minimum atomic E-state index is -4.54. The van der Waals surface area contributed by atoms with Gasteiger partial charge in [-0.2, -0.15) is 13.2 Å². The van der Waals surface area contributed by atoms with Crippen LogP contribution in [0.2, 0.25) is 0 Å². The maximum atomic E-state index is 13.6. The van der Waals surface area contributed by atoms with E-state index in [9.17, 15) is 17.6 Å². The smallest absolute Gasteiger partial charge is 0.379 e. The van der Waals surface area contributed by atoms with E-state index in [-0.39, 0.29) is 24.4 Å². The Balaban J connectivity index is 1.78. The molecule has 0 bridgehead atoms. The standard InChI is InChI=1S/C17H18F4N4O/c18-13-3-1-2-12(10-13)14(25-6-8-26-9-7-25)11-23-16-22-5-4-15(24-16)17(19,20)21/h1-5,10,14H,6-9,11H2,(H,22,23,24). The van der Waals surface area contributed by atoms with Crippen molar-refractivity contribution >= 4 is 5.95 Å². The number of aromatic nitrogens is 2. The van der Waals surface area contributed by atoms with Crippen LogP contribution in [0.25, 0.3) is 0 Å². The third-order valence-corrected chi connectivity index (χ3v) is 4.12. The van der Waals surface area contributed by atoms with Gasteiger partial charge in [-0.3, -0.25) is 4.90 Å². The van der Waals surface area contributed by atoms with Gasteiger partial charge in [0, 0.05) is 25.8 Å². The summed E-state index contributed by atoms with van der Waals surface area (Å²) < 4.78 is 57.3. The Kier molecular flexibility index (Phi) is 5.67. The van der Waals surface area contributed by atoms with Gasteiger partial charge < -0.3 is 10.1 Å². The van der Waals surface area contributed by atoms with E-state index in [0.29, 0.717) is 26.3 Å². The average Bonchev–Trinajstić information content (AvgIpc) is 2.62. The van der Waals surface area contributed by atoms with Gasteiger partial charge in [-0.15, -0.1) is 0 Å². The summed E-state index contributed by atoms with van der Waals surface area (Å²) in [5, 5.41) is 2.85. The van der Waals surface area contributed by atoms with Crippen LogP contribution in [0.15, 0.2) is 36.5 Å². The largest absolute Gasteiger partial charge is 0.433 e. The molecule has 0 spiro atoms. The Hall–Kier alpha value is -2.26. The second-order valence-corrected chi connectivity index (χ2v) is 5.86. The molecule has 1 aliphatic rings. The molecule has 0 radical (unpaired) electrons. The van der Waals surface area contributed by atoms with Gasteiger partial charge in [-0.25, -0.2) is 14.4 Å². The zero-order valence-electron chi connectivity index (χ0n) is 13.8. The number of nitrogens with one attached hydrogen (secondary N) is 1. The first-order valence-corrected chi connectivity index (χ1v) is 8.15. The highest BCUT2D eigenvalue weighted by Gasteiger charge is 2.33. The normalized spacial score (nSPS) is 17.1. The maximum absolute atomic E-state index is 13.6. The number of halogens is 4. The number of hydrogen-bond donors (Lipinski definition) is 1. The van der Waals surface area contributed by atoms with Crippen LogP contribution in [0.1, 0.15) is 17.3 Å². The third-order valence-electron chi connectivity index (χ3n) is 4.12. The Bertz CT molecular complexity index is 735. The van der Waals surface area contributed by atoms with E-state index in [4.69, 9.17) is 4.74 Å². The molecule has 5 nitrogen and oxygen atoms in total. The number of anilines is 1. The monoisotopic (exact) mass is 370 g/mol. The van der Waals surface area contributed by atoms with Crippen LogP contribution < -0.4 is 5.32 Å². The zero-order chi connectivity index (χ0) is 18.6. The summed E-state index contributed by atoms with van der Waals surface area (Å²) in [5.74, 6) is -0.481. The summed E-state index contributed by atoms with van der Waals surface area (Å²) in [6, 6.07) is 6.75. The molecule has 1 saturated heterocycles. The quantitative estimate of drug-likeness (QED) is 0.820. The predicted octanol–water partition coefficient (Wildman–Crippen LogP) is 3.12. The van der Waals surface area contributed by atoms with E-state index in [1.54, 1.807) is 12.1 Å². The molecule has 26 heavy (non-hydrogen) atoms. The molecule has 1 N–H and O–H groups in total. The molecule has 140 valence electrons. The van der Waals surface area contributed by atoms with Crippen molar-refractivity contribution in [3.8, 4) is 0 Å². The Morgan fingerprint density at radius 2 is 1.96 bits per heavy atom. The van der Waals surface area contributed by atoms with E-state index in [1.807, 2.05) is 0 Å². The Morgan fingerprint density at radius 3 is 2.65 bits per heavy atom. The number of ether oxygens (including phenoxy) is 1. The summed E-state index contributed by atoms with van der Waals surface area (Å²) in [6.45, 7) is 2.63. The second-order valence-electron chi connectivity index (χ2n) is 5.86. The van der Waals surface area contributed by atoms with Crippen molar-refractivity contribution in [1.82, 2.24) is 14.9 Å². The Labute approximate surface area is 148 Å². The molecule has 9 heteroatoms. The van der Waals surface area contributed by atoms with Crippen LogP contribution in [0, 0.1) is 5.82 Å². The van der Waals surface area contributed by atoms with Crippen molar-refractivity contribution in [3.63, 3.8) is 0 Å². The average molecular weight is 370 g/mol. The van der Waals surface area contributed by atoms with Crippen LogP contribution in [0.5, 0.6) is 0 Å². The molecule has 1 aromatic carbocycles. The van der Waals surface area contributed by atoms with E-state index >= 15 is 0 Å². The van der Waals surface area contributed by atoms with E-state index in [0.717, 1.165) is 17.8 Å². The fraction of sp³-hybridized carbons (Fsp3) is 0.412. The van der Waals surface area contributed by atoms with Gasteiger partial charge in [0.1, 0.15) is 11.5 Å². The summed E-state index contributed by atoms with van der Waals surface area (Å²) in [4.78, 5) is 9.45. The number of nitrogens with zero attached hydrogens (tertiary/aromatic N) is 3. The lowest BCUT2D eigenvalue weighted by atomic mass is 10.0. The lowest BCUT2D eigenvalue weighted by Gasteiger charge is -2.35. The fourth-order valence-corrected chi connectivity index (χ4v) is 2.85. The Morgan fingerprint density at radius 1 is 1.19 bits per heavy atom. The predicted molar refractivity (Wildman–Crippen MR) is 87.1 cm³/mol. The first-order valence-electron chi connectivity index (χ1n) is 8.15. The summed E-state index contributed by atoms with van der Waals surface area (Å²) >= 11 is 0. The van der Waals surface area contributed by atoms with Gasteiger partial charge in [0.25, 0.3) is 0 Å². The minimum absolute atomic E-state index is 0.116.